The number of nitrogens with zero attached hydrogens (tertiary/aromatic N) is 2. The molecule has 4 nitrogen and oxygen atoms in total. The topological polar surface area (TPSA) is 59.4 Å². The van der Waals surface area contributed by atoms with Crippen molar-refractivity contribution in [1.82, 2.24) is 4.98 Å². The van der Waals surface area contributed by atoms with Crippen molar-refractivity contribution in [1.29, 1.82) is 0 Å². The van der Waals surface area contributed by atoms with Crippen LogP contribution in [0.15, 0.2) is 53.8 Å². The van der Waals surface area contributed by atoms with E-state index in [1.54, 1.807) is 49.6 Å². The summed E-state index contributed by atoms with van der Waals surface area (Å²) in [6.07, 6.45) is 4.84. The van der Waals surface area contributed by atoms with Crippen molar-refractivity contribution < 1.29 is 9.59 Å². The molecule has 19 heavy (non-hydrogen) atoms. The largest absolute Gasteiger partial charge is 0.299 e. The van der Waals surface area contributed by atoms with Crippen molar-refractivity contribution in [3.63, 3.8) is 0 Å². The standard InChI is InChI=1S/C15H12N2O2/c1-11(19)15(13-3-2-8-16-9-13)12-4-6-14(7-5-12)17-10-18/h2-9,15H,1H3. The van der Waals surface area contributed by atoms with Gasteiger partial charge in [-0.25, -0.2) is 4.79 Å². The summed E-state index contributed by atoms with van der Waals surface area (Å²) in [5, 5.41) is 0. The maximum Gasteiger partial charge on any atom is 0.240 e. The van der Waals surface area contributed by atoms with Crippen LogP contribution in [0.5, 0.6) is 0 Å². The highest BCUT2D eigenvalue weighted by Gasteiger charge is 2.18. The molecule has 2 aromatic rings. The highest BCUT2D eigenvalue weighted by molar-refractivity contribution is 5.86. The maximum atomic E-state index is 11.8. The Morgan fingerprint density at radius 3 is 2.47 bits per heavy atom. The van der Waals surface area contributed by atoms with Gasteiger partial charge in [-0.05, 0) is 36.2 Å². The van der Waals surface area contributed by atoms with Crippen LogP contribution in [0.4, 0.5) is 5.69 Å². The first-order valence-electron chi connectivity index (χ1n) is 5.80. The van der Waals surface area contributed by atoms with Crippen LogP contribution in [-0.4, -0.2) is 16.8 Å². The minimum Gasteiger partial charge on any atom is -0.299 e. The molecule has 0 saturated heterocycles. The van der Waals surface area contributed by atoms with Gasteiger partial charge in [0, 0.05) is 12.4 Å². The molecule has 2 rings (SSSR count). The van der Waals surface area contributed by atoms with Gasteiger partial charge in [-0.1, -0.05) is 18.2 Å². The zero-order valence-corrected chi connectivity index (χ0v) is 10.4. The Kier molecular flexibility index (Phi) is 3.96. The number of carbonyl (C=O) groups is 1. The molecule has 1 aromatic heterocycles. The lowest BCUT2D eigenvalue weighted by Crippen LogP contribution is -2.10. The molecule has 0 fully saturated rings. The number of pyridine rings is 1. The average Bonchev–Trinajstić information content (AvgIpc) is 2.42. The number of Topliss-reactive ketones (excluding diaryl/α,β-unsaturated/α-hetero) is 1. The van der Waals surface area contributed by atoms with Gasteiger partial charge in [-0.15, -0.1) is 0 Å². The van der Waals surface area contributed by atoms with Gasteiger partial charge >= 0.3 is 0 Å². The van der Waals surface area contributed by atoms with Crippen molar-refractivity contribution in [2.24, 2.45) is 4.99 Å². The monoisotopic (exact) mass is 252 g/mol. The predicted molar refractivity (Wildman–Crippen MR) is 71.0 cm³/mol. The Bertz CT molecular complexity index is 614. The van der Waals surface area contributed by atoms with E-state index < -0.39 is 0 Å². The molecule has 0 bridgehead atoms. The van der Waals surface area contributed by atoms with Crippen molar-refractivity contribution in [2.45, 2.75) is 12.8 Å². The number of ketones is 1. The lowest BCUT2D eigenvalue weighted by molar-refractivity contribution is -0.117. The molecule has 0 saturated carbocycles. The number of hydrogen-bond donors (Lipinski definition) is 0. The number of carbonyl (C=O) groups excluding carboxylic acids is 2. The van der Waals surface area contributed by atoms with Gasteiger partial charge in [0.25, 0.3) is 0 Å². The summed E-state index contributed by atoms with van der Waals surface area (Å²) in [7, 11) is 0. The number of isocyanates is 1. The molecule has 0 N–H and O–H groups in total. The van der Waals surface area contributed by atoms with E-state index >= 15 is 0 Å². The molecule has 0 spiro atoms. The zero-order valence-electron chi connectivity index (χ0n) is 10.4. The van der Waals surface area contributed by atoms with Gasteiger partial charge in [-0.2, -0.15) is 4.99 Å². The Morgan fingerprint density at radius 1 is 1.21 bits per heavy atom. The molecule has 1 unspecified atom stereocenters. The molecule has 0 radical (unpaired) electrons. The molecule has 1 atom stereocenters. The minimum absolute atomic E-state index is 0.0413. The number of hydrogen-bond acceptors (Lipinski definition) is 4. The van der Waals surface area contributed by atoms with E-state index in [9.17, 15) is 9.59 Å². The van der Waals surface area contributed by atoms with Gasteiger partial charge in [0.15, 0.2) is 0 Å². The molecule has 1 heterocycles. The second kappa shape index (κ2) is 5.85. The van der Waals surface area contributed by atoms with Gasteiger partial charge in [-0.3, -0.25) is 9.78 Å². The van der Waals surface area contributed by atoms with Crippen LogP contribution in [0.2, 0.25) is 0 Å². The van der Waals surface area contributed by atoms with E-state index in [-0.39, 0.29) is 11.7 Å². The van der Waals surface area contributed by atoms with Crippen LogP contribution >= 0.6 is 0 Å². The molecular formula is C15H12N2O2. The quantitative estimate of drug-likeness (QED) is 0.621. The third-order valence-corrected chi connectivity index (χ3v) is 2.83. The van der Waals surface area contributed by atoms with E-state index in [1.807, 2.05) is 6.07 Å². The number of rotatable bonds is 4. The van der Waals surface area contributed by atoms with E-state index in [4.69, 9.17) is 0 Å². The van der Waals surface area contributed by atoms with Crippen LogP contribution in [0.3, 0.4) is 0 Å². The molecule has 0 amide bonds. The summed E-state index contributed by atoms with van der Waals surface area (Å²) in [4.78, 5) is 29.6. The highest BCUT2D eigenvalue weighted by Crippen LogP contribution is 2.26. The first-order valence-corrected chi connectivity index (χ1v) is 5.80. The Labute approximate surface area is 110 Å². The Balaban J connectivity index is 2.40. The predicted octanol–water partition coefficient (Wildman–Crippen LogP) is 2.77. The molecule has 94 valence electrons. The fraction of sp³-hybridized carbons (Fsp3) is 0.133. The fourth-order valence-corrected chi connectivity index (χ4v) is 2.00. The van der Waals surface area contributed by atoms with Crippen LogP contribution < -0.4 is 0 Å². The van der Waals surface area contributed by atoms with Crippen molar-refractivity contribution in [3.8, 4) is 0 Å². The van der Waals surface area contributed by atoms with E-state index in [1.165, 1.54) is 6.08 Å². The van der Waals surface area contributed by atoms with Gasteiger partial charge in [0.1, 0.15) is 5.78 Å². The first-order chi connectivity index (χ1) is 9.22. The summed E-state index contributed by atoms with van der Waals surface area (Å²) in [6, 6.07) is 10.6. The van der Waals surface area contributed by atoms with Crippen LogP contribution in [-0.2, 0) is 9.59 Å². The molecule has 4 heteroatoms. The summed E-state index contributed by atoms with van der Waals surface area (Å²) in [6.45, 7) is 1.55. The van der Waals surface area contributed by atoms with Crippen molar-refractivity contribution in [3.05, 3.63) is 59.9 Å². The van der Waals surface area contributed by atoms with E-state index in [2.05, 4.69) is 9.98 Å². The van der Waals surface area contributed by atoms with Gasteiger partial charge < -0.3 is 0 Å². The Hall–Kier alpha value is -2.58. The molecule has 0 aliphatic carbocycles. The normalized spacial score (nSPS) is 11.4. The lowest BCUT2D eigenvalue weighted by atomic mass is 9.89. The number of aromatic nitrogens is 1. The second-order valence-electron chi connectivity index (χ2n) is 4.12. The third-order valence-electron chi connectivity index (χ3n) is 2.83. The Morgan fingerprint density at radius 2 is 1.95 bits per heavy atom. The molecular weight excluding hydrogens is 240 g/mol. The minimum atomic E-state index is -0.344. The molecule has 0 aliphatic rings. The summed E-state index contributed by atoms with van der Waals surface area (Å²) in [5.41, 5.74) is 2.22. The first kappa shape index (κ1) is 12.9. The highest BCUT2D eigenvalue weighted by atomic mass is 16.1. The third kappa shape index (κ3) is 3.00. The van der Waals surface area contributed by atoms with Gasteiger partial charge in [0.05, 0.1) is 11.6 Å². The number of aliphatic imine (C=N–C) groups is 1. The smallest absolute Gasteiger partial charge is 0.240 e. The maximum absolute atomic E-state index is 11.8. The zero-order chi connectivity index (χ0) is 13.7. The summed E-state index contributed by atoms with van der Waals surface area (Å²) < 4.78 is 0. The van der Waals surface area contributed by atoms with Crippen LogP contribution in [0.1, 0.15) is 24.0 Å². The van der Waals surface area contributed by atoms with Crippen molar-refractivity contribution >= 4 is 17.6 Å². The summed E-state index contributed by atoms with van der Waals surface area (Å²) >= 11 is 0. The van der Waals surface area contributed by atoms with Crippen LogP contribution in [0.25, 0.3) is 0 Å². The number of benzene rings is 1. The van der Waals surface area contributed by atoms with Crippen LogP contribution in [0, 0.1) is 0 Å². The average molecular weight is 252 g/mol. The second-order valence-corrected chi connectivity index (χ2v) is 4.12. The lowest BCUT2D eigenvalue weighted by Gasteiger charge is -2.14. The van der Waals surface area contributed by atoms with Gasteiger partial charge in [0.2, 0.25) is 6.08 Å². The van der Waals surface area contributed by atoms with Crippen molar-refractivity contribution in [2.75, 3.05) is 0 Å². The van der Waals surface area contributed by atoms with E-state index in [0.717, 1.165) is 11.1 Å². The molecule has 0 aliphatic heterocycles. The van der Waals surface area contributed by atoms with E-state index in [0.29, 0.717) is 5.69 Å². The molecule has 1 aromatic carbocycles. The summed E-state index contributed by atoms with van der Waals surface area (Å²) in [5.74, 6) is -0.303. The SMILES string of the molecule is CC(=O)C(c1ccc(N=C=O)cc1)c1cccnc1. The fourth-order valence-electron chi connectivity index (χ4n) is 2.00.